The highest BCUT2D eigenvalue weighted by Gasteiger charge is 2.48. The molecule has 1 aliphatic rings. The van der Waals surface area contributed by atoms with Crippen molar-refractivity contribution < 1.29 is 4.74 Å². The van der Waals surface area contributed by atoms with Crippen LogP contribution in [0.3, 0.4) is 0 Å². The Hall–Kier alpha value is -1.85. The van der Waals surface area contributed by atoms with E-state index in [2.05, 4.69) is 62.4 Å². The molecule has 0 spiro atoms. The summed E-state index contributed by atoms with van der Waals surface area (Å²) in [5.41, 5.74) is 1.11. The number of rotatable bonds is 3. The highest BCUT2D eigenvalue weighted by molar-refractivity contribution is 5.83. The van der Waals surface area contributed by atoms with E-state index in [0.717, 1.165) is 0 Å². The zero-order chi connectivity index (χ0) is 14.2. The monoisotopic (exact) mass is 265 g/mol. The van der Waals surface area contributed by atoms with E-state index in [0.29, 0.717) is 19.1 Å². The summed E-state index contributed by atoms with van der Waals surface area (Å²) in [5.74, 6) is 0.327. The lowest BCUT2D eigenvalue weighted by atomic mass is 9.65. The van der Waals surface area contributed by atoms with E-state index < -0.39 is 0 Å². The van der Waals surface area contributed by atoms with E-state index in [9.17, 15) is 5.26 Å². The Balaban J connectivity index is 2.09. The van der Waals surface area contributed by atoms with E-state index >= 15 is 0 Å². The fourth-order valence-corrected chi connectivity index (χ4v) is 3.26. The van der Waals surface area contributed by atoms with Gasteiger partial charge in [0.2, 0.25) is 0 Å². The standard InChI is InChI=1S/C18H19NO/c1-13(2)17(10-19)18(11-20-12-18)16-8-7-14-5-3-4-6-15(14)9-16/h3-9,13,17H,11-12H2,1-2H3. The van der Waals surface area contributed by atoms with E-state index in [4.69, 9.17) is 4.74 Å². The molecule has 2 heteroatoms. The average molecular weight is 265 g/mol. The number of ether oxygens (including phenoxy) is 1. The Morgan fingerprint density at radius 1 is 1.10 bits per heavy atom. The van der Waals surface area contributed by atoms with E-state index in [1.54, 1.807) is 0 Å². The van der Waals surface area contributed by atoms with Crippen molar-refractivity contribution >= 4 is 10.8 Å². The highest BCUT2D eigenvalue weighted by Crippen LogP contribution is 2.43. The first-order valence-corrected chi connectivity index (χ1v) is 7.14. The lowest BCUT2D eigenvalue weighted by molar-refractivity contribution is -0.0876. The van der Waals surface area contributed by atoms with E-state index in [1.165, 1.54) is 16.3 Å². The van der Waals surface area contributed by atoms with Crippen LogP contribution in [0, 0.1) is 23.2 Å². The molecule has 0 saturated carbocycles. The zero-order valence-corrected chi connectivity index (χ0v) is 12.0. The molecule has 102 valence electrons. The molecule has 20 heavy (non-hydrogen) atoms. The van der Waals surface area contributed by atoms with Gasteiger partial charge in [-0.2, -0.15) is 5.26 Å². The molecule has 1 unspecified atom stereocenters. The molecule has 0 aromatic heterocycles. The van der Waals surface area contributed by atoms with Crippen LogP contribution in [0.25, 0.3) is 10.8 Å². The maximum atomic E-state index is 9.57. The predicted octanol–water partition coefficient (Wildman–Crippen LogP) is 3.90. The fraction of sp³-hybridized carbons (Fsp3) is 0.389. The molecule has 1 saturated heterocycles. The van der Waals surface area contributed by atoms with Gasteiger partial charge in [0.1, 0.15) is 0 Å². The summed E-state index contributed by atoms with van der Waals surface area (Å²) in [7, 11) is 0. The predicted molar refractivity (Wildman–Crippen MR) is 80.4 cm³/mol. The second-order valence-corrected chi connectivity index (χ2v) is 6.06. The minimum Gasteiger partial charge on any atom is -0.379 e. The van der Waals surface area contributed by atoms with Crippen LogP contribution in [0.15, 0.2) is 42.5 Å². The third-order valence-electron chi connectivity index (χ3n) is 4.44. The SMILES string of the molecule is CC(C)C(C#N)C1(c2ccc3ccccc3c2)COC1. The molecule has 0 amide bonds. The van der Waals surface area contributed by atoms with E-state index in [1.807, 2.05) is 0 Å². The van der Waals surface area contributed by atoms with Crippen molar-refractivity contribution in [3.8, 4) is 6.07 Å². The number of hydrogen-bond donors (Lipinski definition) is 0. The quantitative estimate of drug-likeness (QED) is 0.843. The summed E-state index contributed by atoms with van der Waals surface area (Å²) >= 11 is 0. The summed E-state index contributed by atoms with van der Waals surface area (Å²) in [4.78, 5) is 0. The molecule has 0 bridgehead atoms. The summed E-state index contributed by atoms with van der Waals surface area (Å²) in [6, 6.07) is 17.4. The third kappa shape index (κ3) is 1.90. The number of nitrogens with zero attached hydrogens (tertiary/aromatic N) is 1. The van der Waals surface area contributed by atoms with Crippen LogP contribution in [0.5, 0.6) is 0 Å². The maximum absolute atomic E-state index is 9.57. The summed E-state index contributed by atoms with van der Waals surface area (Å²) in [6.07, 6.45) is 0. The number of benzene rings is 2. The first-order valence-electron chi connectivity index (χ1n) is 7.14. The van der Waals surface area contributed by atoms with Gasteiger partial charge in [-0.1, -0.05) is 56.3 Å². The Labute approximate surface area is 120 Å². The van der Waals surface area contributed by atoms with Crippen LogP contribution in [0.1, 0.15) is 19.4 Å². The molecule has 1 fully saturated rings. The van der Waals surface area contributed by atoms with Crippen LogP contribution in [-0.2, 0) is 10.2 Å². The minimum atomic E-state index is -0.132. The normalized spacial score (nSPS) is 18.5. The summed E-state index contributed by atoms with van der Waals surface area (Å²) in [6.45, 7) is 5.55. The molecule has 0 N–H and O–H groups in total. The molecular formula is C18H19NO. The van der Waals surface area contributed by atoms with Crippen molar-refractivity contribution in [1.82, 2.24) is 0 Å². The highest BCUT2D eigenvalue weighted by atomic mass is 16.5. The molecule has 0 radical (unpaired) electrons. The smallest absolute Gasteiger partial charge is 0.0669 e. The van der Waals surface area contributed by atoms with Crippen LogP contribution < -0.4 is 0 Å². The Kier molecular flexibility index (Phi) is 3.23. The topological polar surface area (TPSA) is 33.0 Å². The summed E-state index contributed by atoms with van der Waals surface area (Å²) in [5, 5.41) is 12.0. The van der Waals surface area contributed by atoms with Gasteiger partial charge in [-0.15, -0.1) is 0 Å². The molecule has 2 aromatic carbocycles. The summed E-state index contributed by atoms with van der Waals surface area (Å²) < 4.78 is 5.49. The molecular weight excluding hydrogens is 246 g/mol. The largest absolute Gasteiger partial charge is 0.379 e. The first kappa shape index (κ1) is 13.1. The number of fused-ring (bicyclic) bond motifs is 1. The van der Waals surface area contributed by atoms with Gasteiger partial charge < -0.3 is 4.74 Å². The van der Waals surface area contributed by atoms with Crippen LogP contribution >= 0.6 is 0 Å². The zero-order valence-electron chi connectivity index (χ0n) is 12.0. The van der Waals surface area contributed by atoms with Gasteiger partial charge in [0, 0.05) is 0 Å². The molecule has 3 rings (SSSR count). The van der Waals surface area contributed by atoms with Gasteiger partial charge in [-0.05, 0) is 22.3 Å². The molecule has 1 heterocycles. The van der Waals surface area contributed by atoms with Gasteiger partial charge in [0.15, 0.2) is 0 Å². The van der Waals surface area contributed by atoms with Gasteiger partial charge in [0.05, 0.1) is 30.6 Å². The number of nitriles is 1. The van der Waals surface area contributed by atoms with E-state index in [-0.39, 0.29) is 11.3 Å². The van der Waals surface area contributed by atoms with Crippen molar-refractivity contribution in [2.24, 2.45) is 11.8 Å². The van der Waals surface area contributed by atoms with Gasteiger partial charge >= 0.3 is 0 Å². The molecule has 2 aromatic rings. The van der Waals surface area contributed by atoms with Crippen molar-refractivity contribution in [3.63, 3.8) is 0 Å². The molecule has 1 aliphatic heterocycles. The first-order chi connectivity index (χ1) is 9.67. The Morgan fingerprint density at radius 2 is 1.80 bits per heavy atom. The fourth-order valence-electron chi connectivity index (χ4n) is 3.26. The molecule has 0 aliphatic carbocycles. The Morgan fingerprint density at radius 3 is 2.35 bits per heavy atom. The lowest BCUT2D eigenvalue weighted by Gasteiger charge is -2.46. The van der Waals surface area contributed by atoms with Crippen LogP contribution in [-0.4, -0.2) is 13.2 Å². The third-order valence-corrected chi connectivity index (χ3v) is 4.44. The lowest BCUT2D eigenvalue weighted by Crippen LogP contribution is -2.53. The van der Waals surface area contributed by atoms with Crippen molar-refractivity contribution in [1.29, 1.82) is 5.26 Å². The van der Waals surface area contributed by atoms with Crippen LogP contribution in [0.2, 0.25) is 0 Å². The van der Waals surface area contributed by atoms with Gasteiger partial charge in [-0.25, -0.2) is 0 Å². The molecule has 1 atom stereocenters. The van der Waals surface area contributed by atoms with Crippen molar-refractivity contribution in [2.45, 2.75) is 19.3 Å². The minimum absolute atomic E-state index is 0.00240. The van der Waals surface area contributed by atoms with Crippen molar-refractivity contribution in [2.75, 3.05) is 13.2 Å². The Bertz CT molecular complexity index is 664. The molecule has 2 nitrogen and oxygen atoms in total. The van der Waals surface area contributed by atoms with Gasteiger partial charge in [0.25, 0.3) is 0 Å². The second kappa shape index (κ2) is 4.92. The average Bonchev–Trinajstić information content (AvgIpc) is 2.41. The van der Waals surface area contributed by atoms with Crippen molar-refractivity contribution in [3.05, 3.63) is 48.0 Å². The second-order valence-electron chi connectivity index (χ2n) is 6.06. The van der Waals surface area contributed by atoms with Gasteiger partial charge in [-0.3, -0.25) is 0 Å². The number of hydrogen-bond acceptors (Lipinski definition) is 2. The maximum Gasteiger partial charge on any atom is 0.0669 e. The van der Waals surface area contributed by atoms with Crippen LogP contribution in [0.4, 0.5) is 0 Å².